The first-order valence-electron chi connectivity index (χ1n) is 3.81. The Morgan fingerprint density at radius 2 is 2.18 bits per heavy atom. The van der Waals surface area contributed by atoms with Crippen LogP contribution >= 0.6 is 0 Å². The van der Waals surface area contributed by atoms with Gasteiger partial charge in [-0.3, -0.25) is 4.90 Å². The summed E-state index contributed by atoms with van der Waals surface area (Å²) >= 11 is 0. The summed E-state index contributed by atoms with van der Waals surface area (Å²) in [6, 6.07) is 0. The molecule has 0 fully saturated rings. The average Bonchev–Trinajstić information content (AvgIpc) is 1.95. The quantitative estimate of drug-likeness (QED) is 0.620. The van der Waals surface area contributed by atoms with Crippen molar-refractivity contribution >= 4 is 0 Å². The van der Waals surface area contributed by atoms with Crippen molar-refractivity contribution in [3.8, 4) is 0 Å². The molecule has 62 valence electrons. The molecule has 0 aliphatic heterocycles. The Hall–Kier alpha value is -0.760. The summed E-state index contributed by atoms with van der Waals surface area (Å²) in [6.07, 6.45) is 6.59. The molecule has 1 rings (SSSR count). The molecular weight excluding hydrogens is 138 g/mol. The van der Waals surface area contributed by atoms with Gasteiger partial charge in [0.2, 0.25) is 0 Å². The van der Waals surface area contributed by atoms with E-state index in [9.17, 15) is 5.11 Å². The Morgan fingerprint density at radius 3 is 2.55 bits per heavy atom. The summed E-state index contributed by atoms with van der Waals surface area (Å²) in [7, 11) is 3.95. The summed E-state index contributed by atoms with van der Waals surface area (Å²) in [5.41, 5.74) is -0.200. The molecule has 0 saturated heterocycles. The van der Waals surface area contributed by atoms with E-state index >= 15 is 0 Å². The lowest BCUT2D eigenvalue weighted by molar-refractivity contribution is 0.148. The first-order chi connectivity index (χ1) is 5.07. The highest BCUT2D eigenvalue weighted by Crippen LogP contribution is 2.27. The molecule has 0 heterocycles. The maximum absolute atomic E-state index is 9.57. The van der Waals surface area contributed by atoms with E-state index < -0.39 is 0 Å². The Labute approximate surface area is 67.8 Å². The molecule has 0 spiro atoms. The molecule has 2 heteroatoms. The van der Waals surface area contributed by atoms with Gasteiger partial charge in [0.15, 0.2) is 0 Å². The van der Waals surface area contributed by atoms with Crippen molar-refractivity contribution in [3.63, 3.8) is 0 Å². The number of rotatable bonds is 1. The van der Waals surface area contributed by atoms with Crippen molar-refractivity contribution in [2.75, 3.05) is 14.1 Å². The van der Waals surface area contributed by atoms with Crippen molar-refractivity contribution in [2.45, 2.75) is 18.9 Å². The van der Waals surface area contributed by atoms with Gasteiger partial charge in [-0.25, -0.2) is 0 Å². The van der Waals surface area contributed by atoms with Crippen molar-refractivity contribution in [2.24, 2.45) is 0 Å². The Balaban J connectivity index is 2.88. The van der Waals surface area contributed by atoms with Crippen molar-refractivity contribution in [1.82, 2.24) is 4.90 Å². The van der Waals surface area contributed by atoms with Gasteiger partial charge in [-0.1, -0.05) is 12.2 Å². The van der Waals surface area contributed by atoms with Crippen LogP contribution in [0.3, 0.4) is 0 Å². The number of hydrogen-bond acceptors (Lipinski definition) is 2. The monoisotopic (exact) mass is 153 g/mol. The van der Waals surface area contributed by atoms with Crippen LogP contribution in [0.25, 0.3) is 0 Å². The van der Waals surface area contributed by atoms with Crippen molar-refractivity contribution < 1.29 is 5.11 Å². The van der Waals surface area contributed by atoms with Crippen LogP contribution in [0.1, 0.15) is 13.3 Å². The van der Waals surface area contributed by atoms with Crippen LogP contribution in [-0.4, -0.2) is 29.6 Å². The van der Waals surface area contributed by atoms with Crippen LogP contribution in [0, 0.1) is 0 Å². The van der Waals surface area contributed by atoms with Crippen LogP contribution in [0.15, 0.2) is 24.0 Å². The number of aliphatic hydroxyl groups excluding tert-OH is 1. The number of likely N-dealkylation sites (N-methyl/N-ethyl adjacent to an activating group) is 1. The van der Waals surface area contributed by atoms with Gasteiger partial charge in [0.1, 0.15) is 5.76 Å². The third-order valence-corrected chi connectivity index (χ3v) is 2.44. The maximum atomic E-state index is 9.57. The molecule has 0 aromatic carbocycles. The van der Waals surface area contributed by atoms with Gasteiger partial charge >= 0.3 is 0 Å². The highest BCUT2D eigenvalue weighted by molar-refractivity contribution is 5.24. The van der Waals surface area contributed by atoms with E-state index in [2.05, 4.69) is 6.08 Å². The minimum atomic E-state index is -0.200. The average molecular weight is 153 g/mol. The van der Waals surface area contributed by atoms with E-state index in [0.29, 0.717) is 5.76 Å². The van der Waals surface area contributed by atoms with Gasteiger partial charge in [0.25, 0.3) is 0 Å². The van der Waals surface area contributed by atoms with Crippen LogP contribution in [-0.2, 0) is 0 Å². The van der Waals surface area contributed by atoms with E-state index in [1.54, 1.807) is 6.08 Å². The molecule has 0 amide bonds. The summed E-state index contributed by atoms with van der Waals surface area (Å²) in [5, 5.41) is 9.57. The third-order valence-electron chi connectivity index (χ3n) is 2.44. The zero-order valence-corrected chi connectivity index (χ0v) is 7.33. The van der Waals surface area contributed by atoms with Gasteiger partial charge in [0, 0.05) is 0 Å². The molecule has 1 atom stereocenters. The molecular formula is C9H15NO. The normalized spacial score (nSPS) is 30.7. The second kappa shape index (κ2) is 2.70. The largest absolute Gasteiger partial charge is 0.510 e. The lowest BCUT2D eigenvalue weighted by Gasteiger charge is -2.36. The Bertz CT molecular complexity index is 206. The molecule has 1 aliphatic carbocycles. The highest BCUT2D eigenvalue weighted by atomic mass is 16.3. The molecule has 11 heavy (non-hydrogen) atoms. The minimum Gasteiger partial charge on any atom is -0.510 e. The first kappa shape index (κ1) is 8.34. The number of nitrogens with zero attached hydrogens (tertiary/aromatic N) is 1. The van der Waals surface area contributed by atoms with E-state index in [4.69, 9.17) is 0 Å². The molecule has 2 nitrogen and oxygen atoms in total. The Morgan fingerprint density at radius 1 is 1.55 bits per heavy atom. The molecule has 1 N–H and O–H groups in total. The highest BCUT2D eigenvalue weighted by Gasteiger charge is 2.31. The van der Waals surface area contributed by atoms with Gasteiger partial charge in [-0.05, 0) is 33.5 Å². The molecule has 0 saturated carbocycles. The van der Waals surface area contributed by atoms with Crippen LogP contribution < -0.4 is 0 Å². The summed E-state index contributed by atoms with van der Waals surface area (Å²) in [5.74, 6) is 0.449. The lowest BCUT2D eigenvalue weighted by atomic mass is 9.90. The number of allylic oxidation sites excluding steroid dienone is 2. The SMILES string of the molecule is CN(C)C1(C)CC=CC=C1O. The van der Waals surface area contributed by atoms with E-state index in [-0.39, 0.29) is 5.54 Å². The topological polar surface area (TPSA) is 23.5 Å². The predicted octanol–water partition coefficient (Wildman–Crippen LogP) is 1.71. The molecule has 0 radical (unpaired) electrons. The first-order valence-corrected chi connectivity index (χ1v) is 3.81. The molecule has 0 bridgehead atoms. The molecule has 0 aromatic rings. The van der Waals surface area contributed by atoms with E-state index in [1.165, 1.54) is 0 Å². The molecule has 1 aliphatic rings. The zero-order valence-electron chi connectivity index (χ0n) is 7.33. The minimum absolute atomic E-state index is 0.200. The fourth-order valence-corrected chi connectivity index (χ4v) is 1.15. The predicted molar refractivity (Wildman–Crippen MR) is 46.6 cm³/mol. The second-order valence-corrected chi connectivity index (χ2v) is 3.35. The van der Waals surface area contributed by atoms with Gasteiger partial charge in [-0.2, -0.15) is 0 Å². The van der Waals surface area contributed by atoms with Gasteiger partial charge in [-0.15, -0.1) is 0 Å². The van der Waals surface area contributed by atoms with Gasteiger partial charge in [0.05, 0.1) is 5.54 Å². The zero-order chi connectivity index (χ0) is 8.48. The fraction of sp³-hybridized carbons (Fsp3) is 0.556. The van der Waals surface area contributed by atoms with E-state index in [0.717, 1.165) is 6.42 Å². The molecule has 1 unspecified atom stereocenters. The number of aliphatic hydroxyl groups is 1. The lowest BCUT2D eigenvalue weighted by Crippen LogP contribution is -2.43. The van der Waals surface area contributed by atoms with Crippen molar-refractivity contribution in [3.05, 3.63) is 24.0 Å². The van der Waals surface area contributed by atoms with Crippen LogP contribution in [0.2, 0.25) is 0 Å². The third kappa shape index (κ3) is 1.31. The summed E-state index contributed by atoms with van der Waals surface area (Å²) in [4.78, 5) is 2.03. The maximum Gasteiger partial charge on any atom is 0.112 e. The van der Waals surface area contributed by atoms with Crippen LogP contribution in [0.4, 0.5) is 0 Å². The van der Waals surface area contributed by atoms with Gasteiger partial charge < -0.3 is 5.11 Å². The summed E-state index contributed by atoms with van der Waals surface area (Å²) in [6.45, 7) is 2.03. The Kier molecular flexibility index (Phi) is 2.05. The number of hydrogen-bond donors (Lipinski definition) is 1. The second-order valence-electron chi connectivity index (χ2n) is 3.35. The van der Waals surface area contributed by atoms with Crippen LogP contribution in [0.5, 0.6) is 0 Å². The fourth-order valence-electron chi connectivity index (χ4n) is 1.15. The smallest absolute Gasteiger partial charge is 0.112 e. The van der Waals surface area contributed by atoms with E-state index in [1.807, 2.05) is 32.0 Å². The standard InChI is InChI=1S/C9H15NO/c1-9(10(2)3)7-5-4-6-8(9)11/h4-6,11H,7H2,1-3H3. The molecule has 0 aromatic heterocycles. The van der Waals surface area contributed by atoms with Crippen molar-refractivity contribution in [1.29, 1.82) is 0 Å². The summed E-state index contributed by atoms with van der Waals surface area (Å²) < 4.78 is 0.